The van der Waals surface area contributed by atoms with Gasteiger partial charge in [0.1, 0.15) is 5.75 Å². The first-order valence-electron chi connectivity index (χ1n) is 6.24. The Balaban J connectivity index is 2.86. The molecule has 3 heteroatoms. The molecule has 0 spiro atoms. The zero-order chi connectivity index (χ0) is 13.8. The van der Waals surface area contributed by atoms with Crippen LogP contribution in [-0.2, 0) is 14.9 Å². The van der Waals surface area contributed by atoms with E-state index in [0.29, 0.717) is 6.61 Å². The van der Waals surface area contributed by atoms with Gasteiger partial charge in [0, 0.05) is 0 Å². The minimum absolute atomic E-state index is 0.0162. The second kappa shape index (κ2) is 5.89. The van der Waals surface area contributed by atoms with E-state index in [0.717, 1.165) is 16.9 Å². The van der Waals surface area contributed by atoms with Crippen LogP contribution in [0.15, 0.2) is 18.2 Å². The third kappa shape index (κ3) is 4.06. The van der Waals surface area contributed by atoms with Crippen molar-refractivity contribution in [3.05, 3.63) is 29.3 Å². The molecule has 0 fully saturated rings. The van der Waals surface area contributed by atoms with Gasteiger partial charge < -0.3 is 9.47 Å². The molecule has 0 aliphatic carbocycles. The molecule has 3 nitrogen and oxygen atoms in total. The summed E-state index contributed by atoms with van der Waals surface area (Å²) in [7, 11) is 0. The first-order valence-corrected chi connectivity index (χ1v) is 6.24. The molecule has 100 valence electrons. The van der Waals surface area contributed by atoms with E-state index in [-0.39, 0.29) is 18.0 Å². The maximum Gasteiger partial charge on any atom is 0.344 e. The fourth-order valence-corrected chi connectivity index (χ4v) is 1.71. The maximum atomic E-state index is 11.3. The summed E-state index contributed by atoms with van der Waals surface area (Å²) in [6.45, 7) is 10.5. The van der Waals surface area contributed by atoms with Gasteiger partial charge in [0.15, 0.2) is 6.61 Å². The number of rotatable bonds is 4. The highest BCUT2D eigenvalue weighted by atomic mass is 16.6. The molecule has 0 aliphatic heterocycles. The van der Waals surface area contributed by atoms with Gasteiger partial charge in [-0.05, 0) is 36.5 Å². The van der Waals surface area contributed by atoms with Gasteiger partial charge in [0.2, 0.25) is 0 Å². The summed E-state index contributed by atoms with van der Waals surface area (Å²) in [5, 5.41) is 0. The number of carbonyl (C=O) groups is 1. The third-order valence-corrected chi connectivity index (χ3v) is 2.60. The van der Waals surface area contributed by atoms with Crippen molar-refractivity contribution in [3.8, 4) is 5.75 Å². The molecule has 0 heterocycles. The highest BCUT2D eigenvalue weighted by Gasteiger charge is 2.19. The van der Waals surface area contributed by atoms with Crippen molar-refractivity contribution in [3.63, 3.8) is 0 Å². The van der Waals surface area contributed by atoms with Crippen LogP contribution in [0.2, 0.25) is 0 Å². The molecule has 0 aromatic heterocycles. The van der Waals surface area contributed by atoms with Crippen molar-refractivity contribution in [2.24, 2.45) is 0 Å². The third-order valence-electron chi connectivity index (χ3n) is 2.60. The fourth-order valence-electron chi connectivity index (χ4n) is 1.71. The molecular weight excluding hydrogens is 228 g/mol. The molecule has 0 aliphatic rings. The van der Waals surface area contributed by atoms with Crippen molar-refractivity contribution in [2.75, 3.05) is 13.2 Å². The predicted molar refractivity (Wildman–Crippen MR) is 72.0 cm³/mol. The Morgan fingerprint density at radius 1 is 1.28 bits per heavy atom. The average molecular weight is 250 g/mol. The highest BCUT2D eigenvalue weighted by molar-refractivity contribution is 5.71. The van der Waals surface area contributed by atoms with E-state index in [2.05, 4.69) is 32.9 Å². The molecule has 0 radical (unpaired) electrons. The van der Waals surface area contributed by atoms with Crippen LogP contribution in [0.4, 0.5) is 0 Å². The van der Waals surface area contributed by atoms with Crippen LogP contribution in [0.5, 0.6) is 5.75 Å². The van der Waals surface area contributed by atoms with Crippen molar-refractivity contribution in [1.82, 2.24) is 0 Å². The van der Waals surface area contributed by atoms with E-state index in [4.69, 9.17) is 9.47 Å². The molecule has 0 atom stereocenters. The van der Waals surface area contributed by atoms with E-state index in [1.165, 1.54) is 0 Å². The minimum atomic E-state index is -0.334. The fraction of sp³-hybridized carbons (Fsp3) is 0.533. The Morgan fingerprint density at radius 3 is 2.50 bits per heavy atom. The number of hydrogen-bond acceptors (Lipinski definition) is 3. The Bertz CT molecular complexity index is 416. The summed E-state index contributed by atoms with van der Waals surface area (Å²) in [5.74, 6) is 0.425. The number of carbonyl (C=O) groups excluding carboxylic acids is 1. The number of esters is 1. The zero-order valence-electron chi connectivity index (χ0n) is 11.9. The smallest absolute Gasteiger partial charge is 0.344 e. The molecule has 0 amide bonds. The minimum Gasteiger partial charge on any atom is -0.482 e. The Labute approximate surface area is 109 Å². The molecule has 0 unspecified atom stereocenters. The second-order valence-electron chi connectivity index (χ2n) is 5.34. The molecule has 0 saturated carbocycles. The monoisotopic (exact) mass is 250 g/mol. The molecule has 0 bridgehead atoms. The van der Waals surface area contributed by atoms with Crippen molar-refractivity contribution < 1.29 is 14.3 Å². The number of ether oxygens (including phenoxy) is 2. The van der Waals surface area contributed by atoms with E-state index in [1.54, 1.807) is 6.92 Å². The van der Waals surface area contributed by atoms with Crippen molar-refractivity contribution in [2.45, 2.75) is 40.0 Å². The lowest BCUT2D eigenvalue weighted by molar-refractivity contribution is -0.145. The lowest BCUT2D eigenvalue weighted by Gasteiger charge is -2.23. The Hall–Kier alpha value is -1.51. The van der Waals surface area contributed by atoms with Gasteiger partial charge in [0.05, 0.1) is 6.61 Å². The quantitative estimate of drug-likeness (QED) is 0.770. The van der Waals surface area contributed by atoms with Crippen LogP contribution in [0, 0.1) is 6.92 Å². The molecule has 0 N–H and O–H groups in total. The molecule has 1 aromatic carbocycles. The van der Waals surface area contributed by atoms with Crippen LogP contribution in [-0.4, -0.2) is 19.2 Å². The first kappa shape index (κ1) is 14.6. The lowest BCUT2D eigenvalue weighted by Crippen LogP contribution is -2.18. The van der Waals surface area contributed by atoms with Gasteiger partial charge in [-0.3, -0.25) is 0 Å². The van der Waals surface area contributed by atoms with Gasteiger partial charge in [-0.15, -0.1) is 0 Å². The molecule has 1 aromatic rings. The summed E-state index contributed by atoms with van der Waals surface area (Å²) in [6, 6.07) is 6.06. The van der Waals surface area contributed by atoms with Gasteiger partial charge in [-0.25, -0.2) is 4.79 Å². The predicted octanol–water partition coefficient (Wildman–Crippen LogP) is 3.23. The van der Waals surface area contributed by atoms with Gasteiger partial charge in [-0.1, -0.05) is 32.9 Å². The SMILES string of the molecule is CCOC(=O)COc1cc(C)ccc1C(C)(C)C. The second-order valence-corrected chi connectivity index (χ2v) is 5.34. The maximum absolute atomic E-state index is 11.3. The zero-order valence-corrected chi connectivity index (χ0v) is 11.9. The van der Waals surface area contributed by atoms with Crippen LogP contribution >= 0.6 is 0 Å². The standard InChI is InChI=1S/C15H22O3/c1-6-17-14(16)10-18-13-9-11(2)7-8-12(13)15(3,4)5/h7-9H,6,10H2,1-5H3. The van der Waals surface area contributed by atoms with Crippen LogP contribution in [0.3, 0.4) is 0 Å². The van der Waals surface area contributed by atoms with E-state index in [1.807, 2.05) is 13.0 Å². The lowest BCUT2D eigenvalue weighted by atomic mass is 9.86. The van der Waals surface area contributed by atoms with Gasteiger partial charge in [-0.2, -0.15) is 0 Å². The summed E-state index contributed by atoms with van der Waals surface area (Å²) in [5.41, 5.74) is 2.19. The Kier molecular flexibility index (Phi) is 4.76. The van der Waals surface area contributed by atoms with Gasteiger partial charge >= 0.3 is 5.97 Å². The van der Waals surface area contributed by atoms with Crippen LogP contribution in [0.25, 0.3) is 0 Å². The summed E-state index contributed by atoms with van der Waals surface area (Å²) >= 11 is 0. The van der Waals surface area contributed by atoms with Crippen LogP contribution < -0.4 is 4.74 Å². The topological polar surface area (TPSA) is 35.5 Å². The molecule has 1 rings (SSSR count). The van der Waals surface area contributed by atoms with E-state index >= 15 is 0 Å². The van der Waals surface area contributed by atoms with Crippen molar-refractivity contribution in [1.29, 1.82) is 0 Å². The van der Waals surface area contributed by atoms with E-state index < -0.39 is 0 Å². The first-order chi connectivity index (χ1) is 8.34. The Morgan fingerprint density at radius 2 is 1.94 bits per heavy atom. The molecular formula is C15H22O3. The number of hydrogen-bond donors (Lipinski definition) is 0. The number of aryl methyl sites for hydroxylation is 1. The largest absolute Gasteiger partial charge is 0.482 e. The average Bonchev–Trinajstić information content (AvgIpc) is 2.25. The normalized spacial score (nSPS) is 11.2. The summed E-state index contributed by atoms with van der Waals surface area (Å²) in [6.07, 6.45) is 0. The molecule has 0 saturated heterocycles. The van der Waals surface area contributed by atoms with E-state index in [9.17, 15) is 4.79 Å². The van der Waals surface area contributed by atoms with Crippen molar-refractivity contribution >= 4 is 5.97 Å². The summed E-state index contributed by atoms with van der Waals surface area (Å²) in [4.78, 5) is 11.3. The molecule has 18 heavy (non-hydrogen) atoms. The number of benzene rings is 1. The van der Waals surface area contributed by atoms with Crippen LogP contribution in [0.1, 0.15) is 38.8 Å². The summed E-state index contributed by atoms with van der Waals surface area (Å²) < 4.78 is 10.4. The van der Waals surface area contributed by atoms with Gasteiger partial charge in [0.25, 0.3) is 0 Å². The highest BCUT2D eigenvalue weighted by Crippen LogP contribution is 2.32.